The van der Waals surface area contributed by atoms with Crippen molar-refractivity contribution in [1.29, 1.82) is 0 Å². The fraction of sp³-hybridized carbons (Fsp3) is 0.500. The molecule has 1 aromatic rings. The highest BCUT2D eigenvalue weighted by Gasteiger charge is 2.18. The molecule has 1 heterocycles. The summed E-state index contributed by atoms with van der Waals surface area (Å²) < 4.78 is 0. The first-order valence-corrected chi connectivity index (χ1v) is 6.40. The van der Waals surface area contributed by atoms with Gasteiger partial charge in [0.1, 0.15) is 4.99 Å². The van der Waals surface area contributed by atoms with Crippen LogP contribution in [0.4, 0.5) is 5.82 Å². The number of carbonyl (C=O) groups excluding carboxylic acids is 1. The van der Waals surface area contributed by atoms with Gasteiger partial charge in [0.15, 0.2) is 5.82 Å². The second kappa shape index (κ2) is 6.42. The van der Waals surface area contributed by atoms with Crippen molar-refractivity contribution in [3.63, 3.8) is 0 Å². The number of nitrogens with zero attached hydrogens (tertiary/aromatic N) is 3. The number of aromatic nitrogens is 2. The maximum absolute atomic E-state index is 11.6. The van der Waals surface area contributed by atoms with Gasteiger partial charge in [-0.3, -0.25) is 4.79 Å². The maximum Gasteiger partial charge on any atom is 0.239 e. The minimum absolute atomic E-state index is 0.0843. The molecule has 19 heavy (non-hydrogen) atoms. The average molecular weight is 281 g/mol. The molecule has 0 aliphatic carbocycles. The summed E-state index contributed by atoms with van der Waals surface area (Å²) in [7, 11) is 1.76. The lowest BCUT2D eigenvalue weighted by molar-refractivity contribution is -0.119. The number of hydrogen-bond donors (Lipinski definition) is 2. The zero-order valence-electron chi connectivity index (χ0n) is 11.6. The molecule has 0 aliphatic heterocycles. The Kier molecular flexibility index (Phi) is 5.17. The van der Waals surface area contributed by atoms with Gasteiger partial charge in [-0.15, -0.1) is 5.10 Å². The van der Waals surface area contributed by atoms with Gasteiger partial charge >= 0.3 is 0 Å². The van der Waals surface area contributed by atoms with E-state index in [-0.39, 0.29) is 17.4 Å². The van der Waals surface area contributed by atoms with E-state index in [2.05, 4.69) is 15.5 Å². The standard InChI is InChI=1S/C12H19N5OS/c1-5-14-9(18)6-17(4)12-10(11(13)19)7(2)8(3)15-16-12/h5-6H2,1-4H3,(H2,13,19)(H,14,18). The van der Waals surface area contributed by atoms with E-state index >= 15 is 0 Å². The van der Waals surface area contributed by atoms with E-state index in [1.165, 1.54) is 0 Å². The van der Waals surface area contributed by atoms with E-state index in [9.17, 15) is 4.79 Å². The number of rotatable bonds is 5. The molecule has 0 saturated heterocycles. The number of nitrogens with two attached hydrogens (primary N) is 1. The molecule has 0 unspecified atom stereocenters. The van der Waals surface area contributed by atoms with Gasteiger partial charge in [-0.05, 0) is 26.3 Å². The van der Waals surface area contributed by atoms with Gasteiger partial charge in [0.25, 0.3) is 0 Å². The SMILES string of the molecule is CCNC(=O)CN(C)c1nnc(C)c(C)c1C(N)=S. The highest BCUT2D eigenvalue weighted by molar-refractivity contribution is 7.80. The number of likely N-dealkylation sites (N-methyl/N-ethyl adjacent to an activating group) is 2. The van der Waals surface area contributed by atoms with E-state index in [4.69, 9.17) is 18.0 Å². The van der Waals surface area contributed by atoms with Gasteiger partial charge in [0.05, 0.1) is 17.8 Å². The van der Waals surface area contributed by atoms with Crippen LogP contribution in [0, 0.1) is 13.8 Å². The van der Waals surface area contributed by atoms with Crippen LogP contribution in [0.25, 0.3) is 0 Å². The quantitative estimate of drug-likeness (QED) is 0.755. The predicted octanol–water partition coefficient (Wildman–Crippen LogP) is 0.300. The first-order valence-electron chi connectivity index (χ1n) is 6.00. The van der Waals surface area contributed by atoms with E-state index in [1.807, 2.05) is 20.8 Å². The third kappa shape index (κ3) is 3.60. The van der Waals surface area contributed by atoms with Crippen LogP contribution in [0.15, 0.2) is 0 Å². The summed E-state index contributed by atoms with van der Waals surface area (Å²) in [6.07, 6.45) is 0. The Morgan fingerprint density at radius 1 is 1.42 bits per heavy atom. The molecule has 0 fully saturated rings. The van der Waals surface area contributed by atoms with Crippen molar-refractivity contribution in [2.45, 2.75) is 20.8 Å². The third-order valence-corrected chi connectivity index (χ3v) is 3.00. The number of aryl methyl sites for hydroxylation is 1. The number of hydrogen-bond acceptors (Lipinski definition) is 5. The van der Waals surface area contributed by atoms with Crippen molar-refractivity contribution in [2.75, 3.05) is 25.0 Å². The minimum Gasteiger partial charge on any atom is -0.389 e. The molecule has 6 nitrogen and oxygen atoms in total. The topological polar surface area (TPSA) is 84.1 Å². The molecule has 1 rings (SSSR count). The largest absolute Gasteiger partial charge is 0.389 e. The summed E-state index contributed by atoms with van der Waals surface area (Å²) in [5.74, 6) is 0.445. The smallest absolute Gasteiger partial charge is 0.239 e. The summed E-state index contributed by atoms with van der Waals surface area (Å²) in [6.45, 7) is 6.38. The van der Waals surface area contributed by atoms with Gasteiger partial charge in [-0.25, -0.2) is 0 Å². The summed E-state index contributed by atoms with van der Waals surface area (Å²) in [6, 6.07) is 0. The molecule has 3 N–H and O–H groups in total. The Labute approximate surface area is 118 Å². The molecular formula is C12H19N5OS. The van der Waals surface area contributed by atoms with Crippen molar-refractivity contribution in [3.8, 4) is 0 Å². The predicted molar refractivity (Wildman–Crippen MR) is 79.3 cm³/mol. The number of amides is 1. The molecule has 0 atom stereocenters. The molecule has 0 aliphatic rings. The monoisotopic (exact) mass is 281 g/mol. The zero-order chi connectivity index (χ0) is 14.6. The lowest BCUT2D eigenvalue weighted by Gasteiger charge is -2.21. The first kappa shape index (κ1) is 15.3. The van der Waals surface area contributed by atoms with E-state index < -0.39 is 0 Å². The highest BCUT2D eigenvalue weighted by atomic mass is 32.1. The lowest BCUT2D eigenvalue weighted by Crippen LogP contribution is -2.36. The van der Waals surface area contributed by atoms with Crippen LogP contribution in [0.5, 0.6) is 0 Å². The van der Waals surface area contributed by atoms with E-state index in [0.29, 0.717) is 17.9 Å². The van der Waals surface area contributed by atoms with Gasteiger partial charge in [0, 0.05) is 13.6 Å². The van der Waals surface area contributed by atoms with Crippen molar-refractivity contribution in [1.82, 2.24) is 15.5 Å². The number of nitrogens with one attached hydrogen (secondary N) is 1. The maximum atomic E-state index is 11.6. The molecular weight excluding hydrogens is 262 g/mol. The van der Waals surface area contributed by atoms with Crippen LogP contribution in [0.1, 0.15) is 23.7 Å². The molecule has 1 aromatic heterocycles. The lowest BCUT2D eigenvalue weighted by atomic mass is 10.1. The van der Waals surface area contributed by atoms with E-state index in [0.717, 1.165) is 11.3 Å². The van der Waals surface area contributed by atoms with E-state index in [1.54, 1.807) is 11.9 Å². The third-order valence-electron chi connectivity index (χ3n) is 2.80. The molecule has 0 aromatic carbocycles. The first-order chi connectivity index (χ1) is 8.88. The normalized spacial score (nSPS) is 10.1. The van der Waals surface area contributed by atoms with Crippen molar-refractivity contribution < 1.29 is 4.79 Å². The van der Waals surface area contributed by atoms with Gasteiger partial charge < -0.3 is 16.0 Å². The van der Waals surface area contributed by atoms with Crippen LogP contribution in [0.3, 0.4) is 0 Å². The molecule has 0 bridgehead atoms. The molecule has 0 spiro atoms. The zero-order valence-corrected chi connectivity index (χ0v) is 12.5. The fourth-order valence-corrected chi connectivity index (χ4v) is 1.95. The van der Waals surface area contributed by atoms with Crippen LogP contribution < -0.4 is 16.0 Å². The molecule has 1 amide bonds. The Morgan fingerprint density at radius 3 is 2.58 bits per heavy atom. The summed E-state index contributed by atoms with van der Waals surface area (Å²) in [4.78, 5) is 13.5. The van der Waals surface area contributed by atoms with Crippen LogP contribution in [-0.4, -0.2) is 41.2 Å². The average Bonchev–Trinajstić information content (AvgIpc) is 2.31. The highest BCUT2D eigenvalue weighted by Crippen LogP contribution is 2.20. The fourth-order valence-electron chi connectivity index (χ4n) is 1.70. The molecule has 0 radical (unpaired) electrons. The summed E-state index contributed by atoms with van der Waals surface area (Å²) >= 11 is 5.06. The summed E-state index contributed by atoms with van der Waals surface area (Å²) in [5.41, 5.74) is 8.09. The molecule has 104 valence electrons. The Morgan fingerprint density at radius 2 is 2.05 bits per heavy atom. The van der Waals surface area contributed by atoms with Gasteiger partial charge in [0.2, 0.25) is 5.91 Å². The van der Waals surface area contributed by atoms with Crippen molar-refractivity contribution in [2.24, 2.45) is 5.73 Å². The van der Waals surface area contributed by atoms with Crippen LogP contribution in [0.2, 0.25) is 0 Å². The minimum atomic E-state index is -0.0843. The summed E-state index contributed by atoms with van der Waals surface area (Å²) in [5, 5.41) is 10.9. The number of anilines is 1. The number of thiocarbonyl (C=S) groups is 1. The Hall–Kier alpha value is -1.76. The van der Waals surface area contributed by atoms with Crippen molar-refractivity contribution >= 4 is 28.9 Å². The van der Waals surface area contributed by atoms with Crippen molar-refractivity contribution in [3.05, 3.63) is 16.8 Å². The van der Waals surface area contributed by atoms with Crippen LogP contribution in [-0.2, 0) is 4.79 Å². The second-order valence-corrected chi connectivity index (χ2v) is 4.72. The van der Waals surface area contributed by atoms with Gasteiger partial charge in [-0.2, -0.15) is 5.10 Å². The molecule has 7 heteroatoms. The second-order valence-electron chi connectivity index (χ2n) is 4.28. The Balaban J connectivity index is 3.09. The van der Waals surface area contributed by atoms with Crippen LogP contribution >= 0.6 is 12.2 Å². The van der Waals surface area contributed by atoms with Gasteiger partial charge in [-0.1, -0.05) is 12.2 Å². The number of carbonyl (C=O) groups is 1. The molecule has 0 saturated carbocycles. The Bertz CT molecular complexity index is 503.